The SMILES string of the molecule is O=C(NCc1ccc(CN2CCOCC2)cc1)NNc1ncccn1. The van der Waals surface area contributed by atoms with E-state index in [4.69, 9.17) is 4.74 Å². The monoisotopic (exact) mass is 342 g/mol. The van der Waals surface area contributed by atoms with Crippen LogP contribution in [0.15, 0.2) is 42.7 Å². The number of hydrazine groups is 1. The Hall–Kier alpha value is -2.71. The summed E-state index contributed by atoms with van der Waals surface area (Å²) in [7, 11) is 0. The van der Waals surface area contributed by atoms with Crippen molar-refractivity contribution in [1.82, 2.24) is 25.6 Å². The zero-order valence-electron chi connectivity index (χ0n) is 13.9. The smallest absolute Gasteiger partial charge is 0.333 e. The van der Waals surface area contributed by atoms with Gasteiger partial charge in [0.1, 0.15) is 0 Å². The molecule has 1 aliphatic rings. The summed E-state index contributed by atoms with van der Waals surface area (Å²) in [5, 5.41) is 2.77. The van der Waals surface area contributed by atoms with E-state index in [1.165, 1.54) is 5.56 Å². The minimum atomic E-state index is -0.343. The Morgan fingerprint density at radius 1 is 1.08 bits per heavy atom. The standard InChI is InChI=1S/C17H22N6O2/c24-17(22-21-16-18-6-1-7-19-16)20-12-14-2-4-15(5-3-14)13-23-8-10-25-11-9-23/h1-7H,8-13H2,(H,18,19,21)(H2,20,22,24). The third-order valence-corrected chi connectivity index (χ3v) is 3.84. The highest BCUT2D eigenvalue weighted by Gasteiger charge is 2.10. The van der Waals surface area contributed by atoms with Crippen molar-refractivity contribution in [2.45, 2.75) is 13.1 Å². The van der Waals surface area contributed by atoms with Crippen LogP contribution in [0.25, 0.3) is 0 Å². The van der Waals surface area contributed by atoms with Gasteiger partial charge in [-0.1, -0.05) is 24.3 Å². The zero-order chi connectivity index (χ0) is 17.3. The van der Waals surface area contributed by atoms with Crippen LogP contribution in [-0.4, -0.2) is 47.2 Å². The second-order valence-electron chi connectivity index (χ2n) is 5.71. The number of urea groups is 1. The summed E-state index contributed by atoms with van der Waals surface area (Å²) in [4.78, 5) is 22.0. The number of nitrogens with zero attached hydrogens (tertiary/aromatic N) is 3. The number of anilines is 1. The Bertz CT molecular complexity index is 659. The highest BCUT2D eigenvalue weighted by atomic mass is 16.5. The van der Waals surface area contributed by atoms with Gasteiger partial charge in [0.15, 0.2) is 0 Å². The molecule has 1 fully saturated rings. The molecule has 0 bridgehead atoms. The number of carbonyl (C=O) groups excluding carboxylic acids is 1. The van der Waals surface area contributed by atoms with E-state index >= 15 is 0 Å². The lowest BCUT2D eigenvalue weighted by atomic mass is 10.1. The van der Waals surface area contributed by atoms with E-state index in [9.17, 15) is 4.79 Å². The van der Waals surface area contributed by atoms with Crippen molar-refractivity contribution in [3.05, 3.63) is 53.9 Å². The van der Waals surface area contributed by atoms with E-state index < -0.39 is 0 Å². The van der Waals surface area contributed by atoms with Crippen molar-refractivity contribution in [1.29, 1.82) is 0 Å². The number of rotatable bonds is 6. The molecule has 8 heteroatoms. The van der Waals surface area contributed by atoms with Gasteiger partial charge in [-0.2, -0.15) is 0 Å². The van der Waals surface area contributed by atoms with Gasteiger partial charge in [-0.25, -0.2) is 20.2 Å². The first kappa shape index (κ1) is 17.1. The molecule has 1 aromatic heterocycles. The lowest BCUT2D eigenvalue weighted by Gasteiger charge is -2.26. The van der Waals surface area contributed by atoms with Crippen molar-refractivity contribution in [2.24, 2.45) is 0 Å². The molecule has 1 aromatic carbocycles. The van der Waals surface area contributed by atoms with Gasteiger partial charge in [-0.15, -0.1) is 0 Å². The molecule has 2 heterocycles. The van der Waals surface area contributed by atoms with Gasteiger partial charge in [0.05, 0.1) is 13.2 Å². The second kappa shape index (κ2) is 8.95. The number of aromatic nitrogens is 2. The van der Waals surface area contributed by atoms with Crippen LogP contribution in [0, 0.1) is 0 Å². The summed E-state index contributed by atoms with van der Waals surface area (Å²) in [6, 6.07) is 9.62. The Kier molecular flexibility index (Phi) is 6.13. The number of hydrogen-bond acceptors (Lipinski definition) is 6. The first-order valence-corrected chi connectivity index (χ1v) is 8.24. The first-order valence-electron chi connectivity index (χ1n) is 8.24. The minimum absolute atomic E-state index is 0.338. The molecule has 132 valence electrons. The fraction of sp³-hybridized carbons (Fsp3) is 0.353. The largest absolute Gasteiger partial charge is 0.379 e. The Balaban J connectivity index is 1.39. The maximum atomic E-state index is 11.8. The molecule has 0 unspecified atom stereocenters. The molecule has 25 heavy (non-hydrogen) atoms. The van der Waals surface area contributed by atoms with Crippen molar-refractivity contribution < 1.29 is 9.53 Å². The average Bonchev–Trinajstić information content (AvgIpc) is 2.67. The van der Waals surface area contributed by atoms with Gasteiger partial charge >= 0.3 is 6.03 Å². The molecule has 8 nitrogen and oxygen atoms in total. The Morgan fingerprint density at radius 3 is 2.48 bits per heavy atom. The van der Waals surface area contributed by atoms with Gasteiger partial charge in [0.25, 0.3) is 0 Å². The molecule has 0 spiro atoms. The topological polar surface area (TPSA) is 91.4 Å². The lowest BCUT2D eigenvalue weighted by molar-refractivity contribution is 0.0342. The maximum absolute atomic E-state index is 11.8. The molecular formula is C17H22N6O2. The summed E-state index contributed by atoms with van der Waals surface area (Å²) in [5.41, 5.74) is 7.43. The van der Waals surface area contributed by atoms with E-state index in [0.717, 1.165) is 38.4 Å². The molecule has 0 saturated carbocycles. The summed E-state index contributed by atoms with van der Waals surface area (Å²) < 4.78 is 5.36. The first-order chi connectivity index (χ1) is 12.3. The molecular weight excluding hydrogens is 320 g/mol. The maximum Gasteiger partial charge on any atom is 0.333 e. The molecule has 0 radical (unpaired) electrons. The lowest BCUT2D eigenvalue weighted by Crippen LogP contribution is -2.39. The highest BCUT2D eigenvalue weighted by molar-refractivity contribution is 5.74. The Morgan fingerprint density at radius 2 is 1.76 bits per heavy atom. The number of carbonyl (C=O) groups is 1. The summed E-state index contributed by atoms with van der Waals surface area (Å²) in [6.07, 6.45) is 3.18. The summed E-state index contributed by atoms with van der Waals surface area (Å²) in [5.74, 6) is 0.338. The third kappa shape index (κ3) is 5.70. The summed E-state index contributed by atoms with van der Waals surface area (Å²) >= 11 is 0. The van der Waals surface area contributed by atoms with E-state index in [2.05, 4.69) is 43.2 Å². The fourth-order valence-corrected chi connectivity index (χ4v) is 2.48. The molecule has 3 rings (SSSR count). The van der Waals surface area contributed by atoms with Crippen molar-refractivity contribution in [3.63, 3.8) is 0 Å². The number of amides is 2. The molecule has 2 aromatic rings. The second-order valence-corrected chi connectivity index (χ2v) is 5.71. The third-order valence-electron chi connectivity index (χ3n) is 3.84. The molecule has 3 N–H and O–H groups in total. The van der Waals surface area contributed by atoms with Crippen LogP contribution < -0.4 is 16.2 Å². The minimum Gasteiger partial charge on any atom is -0.379 e. The number of nitrogens with one attached hydrogen (secondary N) is 3. The van der Waals surface area contributed by atoms with Crippen molar-refractivity contribution >= 4 is 12.0 Å². The van der Waals surface area contributed by atoms with Crippen LogP contribution in [0.1, 0.15) is 11.1 Å². The van der Waals surface area contributed by atoms with Gasteiger partial charge in [0, 0.05) is 38.6 Å². The van der Waals surface area contributed by atoms with Crippen LogP contribution in [-0.2, 0) is 17.8 Å². The van der Waals surface area contributed by atoms with Gasteiger partial charge in [0.2, 0.25) is 5.95 Å². The van der Waals surface area contributed by atoms with E-state index in [0.29, 0.717) is 12.5 Å². The van der Waals surface area contributed by atoms with Gasteiger partial charge in [-0.05, 0) is 17.2 Å². The predicted octanol–water partition coefficient (Wildman–Crippen LogP) is 1.14. The van der Waals surface area contributed by atoms with Crippen molar-refractivity contribution in [3.8, 4) is 0 Å². The summed E-state index contributed by atoms with van der Waals surface area (Å²) in [6.45, 7) is 4.93. The van der Waals surface area contributed by atoms with Crippen LogP contribution in [0.3, 0.4) is 0 Å². The van der Waals surface area contributed by atoms with Crippen LogP contribution in [0.2, 0.25) is 0 Å². The van der Waals surface area contributed by atoms with E-state index in [-0.39, 0.29) is 6.03 Å². The molecule has 0 aliphatic carbocycles. The Labute approximate surface area is 146 Å². The van der Waals surface area contributed by atoms with E-state index in [1.54, 1.807) is 18.5 Å². The molecule has 1 saturated heterocycles. The van der Waals surface area contributed by atoms with Crippen molar-refractivity contribution in [2.75, 3.05) is 31.7 Å². The number of hydrogen-bond donors (Lipinski definition) is 3. The highest BCUT2D eigenvalue weighted by Crippen LogP contribution is 2.09. The fourth-order valence-electron chi connectivity index (χ4n) is 2.48. The molecule has 0 atom stereocenters. The van der Waals surface area contributed by atoms with Crippen LogP contribution in [0.5, 0.6) is 0 Å². The number of morpholine rings is 1. The molecule has 2 amide bonds. The normalized spacial score (nSPS) is 14.7. The van der Waals surface area contributed by atoms with Crippen LogP contribution >= 0.6 is 0 Å². The van der Waals surface area contributed by atoms with Gasteiger partial charge in [-0.3, -0.25) is 10.3 Å². The predicted molar refractivity (Wildman–Crippen MR) is 93.6 cm³/mol. The number of benzene rings is 1. The quantitative estimate of drug-likeness (QED) is 0.682. The van der Waals surface area contributed by atoms with Crippen LogP contribution in [0.4, 0.5) is 10.7 Å². The number of ether oxygens (including phenoxy) is 1. The average molecular weight is 342 g/mol. The van der Waals surface area contributed by atoms with Gasteiger partial charge < -0.3 is 10.1 Å². The van der Waals surface area contributed by atoms with E-state index in [1.807, 2.05) is 12.1 Å². The molecule has 1 aliphatic heterocycles. The zero-order valence-corrected chi connectivity index (χ0v) is 13.9.